The van der Waals surface area contributed by atoms with E-state index < -0.39 is 0 Å². The van der Waals surface area contributed by atoms with E-state index in [4.69, 9.17) is 0 Å². The molecule has 1 N–H and O–H groups in total. The Morgan fingerprint density at radius 1 is 1.00 bits per heavy atom. The van der Waals surface area contributed by atoms with Gasteiger partial charge in [-0.05, 0) is 44.6 Å². The topological polar surface area (TPSA) is 15.3 Å². The fraction of sp³-hybridized carbons (Fsp3) is 1.00. The molecule has 0 aliphatic heterocycles. The molecule has 0 aromatic heterocycles. The van der Waals surface area contributed by atoms with Crippen molar-refractivity contribution in [3.63, 3.8) is 0 Å². The van der Waals surface area contributed by atoms with Crippen molar-refractivity contribution < 1.29 is 0 Å². The van der Waals surface area contributed by atoms with Gasteiger partial charge in [-0.15, -0.1) is 0 Å². The van der Waals surface area contributed by atoms with E-state index in [1.54, 1.807) is 0 Å². The number of nitrogens with zero attached hydrogens (tertiary/aromatic N) is 1. The lowest BCUT2D eigenvalue weighted by Crippen LogP contribution is -2.39. The van der Waals surface area contributed by atoms with Crippen molar-refractivity contribution in [1.29, 1.82) is 0 Å². The van der Waals surface area contributed by atoms with Crippen LogP contribution in [-0.4, -0.2) is 36.6 Å². The summed E-state index contributed by atoms with van der Waals surface area (Å²) < 4.78 is 0. The Balaban J connectivity index is 1.59. The molecule has 0 aromatic carbocycles. The highest BCUT2D eigenvalue weighted by Gasteiger charge is 2.28. The van der Waals surface area contributed by atoms with Crippen LogP contribution in [0.1, 0.15) is 65.2 Å². The van der Waals surface area contributed by atoms with Crippen molar-refractivity contribution in [1.82, 2.24) is 10.2 Å². The van der Waals surface area contributed by atoms with E-state index in [0.29, 0.717) is 0 Å². The van der Waals surface area contributed by atoms with Gasteiger partial charge in [0.2, 0.25) is 0 Å². The van der Waals surface area contributed by atoms with Crippen LogP contribution in [0, 0.1) is 5.92 Å². The summed E-state index contributed by atoms with van der Waals surface area (Å²) in [6.45, 7) is 8.47. The smallest absolute Gasteiger partial charge is 0.0110 e. The van der Waals surface area contributed by atoms with E-state index in [1.807, 2.05) is 0 Å². The van der Waals surface area contributed by atoms with Crippen molar-refractivity contribution >= 4 is 0 Å². The van der Waals surface area contributed by atoms with Crippen LogP contribution in [0.3, 0.4) is 0 Å². The second kappa shape index (κ2) is 7.49. The van der Waals surface area contributed by atoms with Crippen molar-refractivity contribution in [2.75, 3.05) is 19.6 Å². The van der Waals surface area contributed by atoms with Gasteiger partial charge in [-0.2, -0.15) is 0 Å². The van der Waals surface area contributed by atoms with Crippen LogP contribution in [0.4, 0.5) is 0 Å². The summed E-state index contributed by atoms with van der Waals surface area (Å²) in [5.74, 6) is 0.845. The Morgan fingerprint density at radius 3 is 2.33 bits per heavy atom. The second-order valence-electron chi connectivity index (χ2n) is 6.74. The van der Waals surface area contributed by atoms with E-state index >= 15 is 0 Å². The molecule has 0 amide bonds. The fourth-order valence-electron chi connectivity index (χ4n) is 3.06. The second-order valence-corrected chi connectivity index (χ2v) is 6.74. The molecule has 0 bridgehead atoms. The first kappa shape index (κ1) is 14.3. The quantitative estimate of drug-likeness (QED) is 0.712. The molecule has 2 aliphatic rings. The number of nitrogens with one attached hydrogen (secondary N) is 1. The van der Waals surface area contributed by atoms with Gasteiger partial charge in [-0.25, -0.2) is 0 Å². The molecule has 2 aliphatic carbocycles. The maximum absolute atomic E-state index is 3.78. The van der Waals surface area contributed by atoms with Crippen molar-refractivity contribution in [2.24, 2.45) is 5.92 Å². The Bertz CT molecular complexity index is 217. The highest BCUT2D eigenvalue weighted by Crippen LogP contribution is 2.27. The molecule has 0 saturated heterocycles. The van der Waals surface area contributed by atoms with Crippen molar-refractivity contribution in [2.45, 2.75) is 77.3 Å². The van der Waals surface area contributed by atoms with Gasteiger partial charge < -0.3 is 5.32 Å². The third-order valence-corrected chi connectivity index (χ3v) is 4.49. The van der Waals surface area contributed by atoms with E-state index in [2.05, 4.69) is 24.1 Å². The first-order valence-corrected chi connectivity index (χ1v) is 8.23. The molecule has 2 saturated carbocycles. The third kappa shape index (κ3) is 5.27. The van der Waals surface area contributed by atoms with Crippen LogP contribution in [0.15, 0.2) is 0 Å². The molecule has 0 radical (unpaired) electrons. The molecule has 2 rings (SSSR count). The molecule has 0 heterocycles. The molecule has 18 heavy (non-hydrogen) atoms. The van der Waals surface area contributed by atoms with Gasteiger partial charge in [0.05, 0.1) is 0 Å². The maximum atomic E-state index is 3.78. The van der Waals surface area contributed by atoms with E-state index in [1.165, 1.54) is 71.0 Å². The van der Waals surface area contributed by atoms with E-state index in [0.717, 1.165) is 18.0 Å². The minimum absolute atomic E-state index is 0.824. The molecule has 0 aromatic rings. The van der Waals surface area contributed by atoms with Gasteiger partial charge in [0.25, 0.3) is 0 Å². The standard InChI is InChI=1S/C16H32N2/c1-14(2)10-12-18(16-8-9-16)13-11-17-15-6-4-3-5-7-15/h14-17H,3-13H2,1-2H3. The van der Waals surface area contributed by atoms with E-state index in [9.17, 15) is 0 Å². The van der Waals surface area contributed by atoms with Crippen molar-refractivity contribution in [3.8, 4) is 0 Å². The van der Waals surface area contributed by atoms with Crippen LogP contribution in [0.25, 0.3) is 0 Å². The summed E-state index contributed by atoms with van der Waals surface area (Å²) in [7, 11) is 0. The average molecular weight is 252 g/mol. The molecule has 106 valence electrons. The predicted octanol–water partition coefficient (Wildman–Crippen LogP) is 3.42. The van der Waals surface area contributed by atoms with Crippen LogP contribution >= 0.6 is 0 Å². The summed E-state index contributed by atoms with van der Waals surface area (Å²) in [6, 6.07) is 1.75. The largest absolute Gasteiger partial charge is 0.313 e. The summed E-state index contributed by atoms with van der Waals surface area (Å²) in [6.07, 6.45) is 11.4. The highest BCUT2D eigenvalue weighted by atomic mass is 15.2. The Morgan fingerprint density at radius 2 is 1.72 bits per heavy atom. The van der Waals surface area contributed by atoms with Gasteiger partial charge in [0.1, 0.15) is 0 Å². The Kier molecular flexibility index (Phi) is 5.97. The van der Waals surface area contributed by atoms with Gasteiger partial charge >= 0.3 is 0 Å². The van der Waals surface area contributed by atoms with Gasteiger partial charge in [0, 0.05) is 25.2 Å². The normalized spacial score (nSPS) is 22.0. The monoisotopic (exact) mass is 252 g/mol. The SMILES string of the molecule is CC(C)CCN(CCNC1CCCCC1)C1CC1. The number of hydrogen-bond acceptors (Lipinski definition) is 2. The molecule has 2 fully saturated rings. The fourth-order valence-corrected chi connectivity index (χ4v) is 3.06. The van der Waals surface area contributed by atoms with Crippen LogP contribution < -0.4 is 5.32 Å². The molecule has 2 nitrogen and oxygen atoms in total. The number of hydrogen-bond donors (Lipinski definition) is 1. The predicted molar refractivity (Wildman–Crippen MR) is 78.9 cm³/mol. The zero-order valence-corrected chi connectivity index (χ0v) is 12.5. The summed E-state index contributed by atoms with van der Waals surface area (Å²) in [5.41, 5.74) is 0. The zero-order valence-electron chi connectivity index (χ0n) is 12.5. The van der Waals surface area contributed by atoms with Crippen LogP contribution in [0.5, 0.6) is 0 Å². The lowest BCUT2D eigenvalue weighted by Gasteiger charge is -2.26. The molecule has 0 atom stereocenters. The lowest BCUT2D eigenvalue weighted by molar-refractivity contribution is 0.239. The first-order chi connectivity index (χ1) is 8.75. The van der Waals surface area contributed by atoms with E-state index in [-0.39, 0.29) is 0 Å². The summed E-state index contributed by atoms with van der Waals surface area (Å²) in [4.78, 5) is 2.73. The Hall–Kier alpha value is -0.0800. The first-order valence-electron chi connectivity index (χ1n) is 8.23. The minimum Gasteiger partial charge on any atom is -0.313 e. The molecule has 2 heteroatoms. The van der Waals surface area contributed by atoms with Gasteiger partial charge in [-0.1, -0.05) is 33.1 Å². The molecule has 0 spiro atoms. The molecule has 0 unspecified atom stereocenters. The third-order valence-electron chi connectivity index (χ3n) is 4.49. The molecular weight excluding hydrogens is 220 g/mol. The zero-order chi connectivity index (χ0) is 12.8. The molecular formula is C16H32N2. The van der Waals surface area contributed by atoms with Gasteiger partial charge in [-0.3, -0.25) is 4.90 Å². The summed E-state index contributed by atoms with van der Waals surface area (Å²) in [5, 5.41) is 3.78. The minimum atomic E-state index is 0.824. The average Bonchev–Trinajstić information content (AvgIpc) is 3.19. The van der Waals surface area contributed by atoms with Crippen LogP contribution in [0.2, 0.25) is 0 Å². The number of rotatable bonds is 8. The summed E-state index contributed by atoms with van der Waals surface area (Å²) >= 11 is 0. The van der Waals surface area contributed by atoms with Gasteiger partial charge in [0.15, 0.2) is 0 Å². The van der Waals surface area contributed by atoms with Crippen molar-refractivity contribution in [3.05, 3.63) is 0 Å². The maximum Gasteiger partial charge on any atom is 0.0110 e. The highest BCUT2D eigenvalue weighted by molar-refractivity contribution is 4.85. The van der Waals surface area contributed by atoms with Crippen LogP contribution in [-0.2, 0) is 0 Å². The lowest BCUT2D eigenvalue weighted by atomic mass is 9.95. The Labute approximate surface area is 114 Å².